The van der Waals surface area contributed by atoms with Crippen molar-refractivity contribution in [2.24, 2.45) is 5.92 Å². The molecule has 0 N–H and O–H groups in total. The van der Waals surface area contributed by atoms with E-state index in [4.69, 9.17) is 4.74 Å². The molecule has 0 heterocycles. The van der Waals surface area contributed by atoms with Crippen LogP contribution in [0.15, 0.2) is 18.2 Å². The maximum atomic E-state index is 10.5. The first-order valence-electron chi connectivity index (χ1n) is 6.54. The summed E-state index contributed by atoms with van der Waals surface area (Å²) in [4.78, 5) is 10.5. The summed E-state index contributed by atoms with van der Waals surface area (Å²) in [6.45, 7) is 11.9. The number of ether oxygens (including phenoxy) is 1. The lowest BCUT2D eigenvalue weighted by molar-refractivity contribution is -0.120. The summed E-state index contributed by atoms with van der Waals surface area (Å²) in [7, 11) is 0. The van der Waals surface area contributed by atoms with Crippen LogP contribution in [0.5, 0.6) is 5.75 Å². The van der Waals surface area contributed by atoms with Gasteiger partial charge in [-0.15, -0.1) is 0 Å². The number of benzene rings is 1. The second-order valence-corrected chi connectivity index (χ2v) is 6.63. The summed E-state index contributed by atoms with van der Waals surface area (Å²) < 4.78 is 4.99. The maximum absolute atomic E-state index is 10.5. The fourth-order valence-electron chi connectivity index (χ4n) is 3.17. The number of rotatable bonds is 2. The van der Waals surface area contributed by atoms with Gasteiger partial charge in [-0.25, -0.2) is 0 Å². The Bertz CT molecular complexity index is 472. The highest BCUT2D eigenvalue weighted by molar-refractivity contribution is 5.50. The predicted molar refractivity (Wildman–Crippen MR) is 73.0 cm³/mol. The third kappa shape index (κ3) is 1.94. The number of hydrogen-bond donors (Lipinski definition) is 0. The zero-order valence-corrected chi connectivity index (χ0v) is 11.9. The van der Waals surface area contributed by atoms with E-state index in [0.717, 1.165) is 0 Å². The van der Waals surface area contributed by atoms with E-state index in [1.165, 1.54) is 17.5 Å². The van der Waals surface area contributed by atoms with Crippen molar-refractivity contribution < 1.29 is 9.53 Å². The quantitative estimate of drug-likeness (QED) is 0.742. The van der Waals surface area contributed by atoms with Crippen molar-refractivity contribution in [3.05, 3.63) is 29.3 Å². The smallest absolute Gasteiger partial charge is 0.298 e. The Morgan fingerprint density at radius 1 is 1.22 bits per heavy atom. The summed E-state index contributed by atoms with van der Waals surface area (Å²) in [6.07, 6.45) is 1.18. The molecule has 2 nitrogen and oxygen atoms in total. The summed E-state index contributed by atoms with van der Waals surface area (Å²) in [5, 5.41) is 0. The minimum Gasteiger partial charge on any atom is -0.429 e. The fraction of sp³-hybridized carbons (Fsp3) is 0.562. The van der Waals surface area contributed by atoms with Gasteiger partial charge in [0.2, 0.25) is 0 Å². The molecule has 2 heteroatoms. The molecule has 2 rings (SSSR count). The summed E-state index contributed by atoms with van der Waals surface area (Å²) in [5.74, 6) is 1.24. The second kappa shape index (κ2) is 4.11. The van der Waals surface area contributed by atoms with Crippen molar-refractivity contribution in [3.63, 3.8) is 0 Å². The third-order valence-electron chi connectivity index (χ3n) is 4.65. The molecular formula is C16H22O2. The minimum atomic E-state index is 0.118. The fourth-order valence-corrected chi connectivity index (χ4v) is 3.17. The molecule has 18 heavy (non-hydrogen) atoms. The Kier molecular flexibility index (Phi) is 3.00. The largest absolute Gasteiger partial charge is 0.429 e. The van der Waals surface area contributed by atoms with Gasteiger partial charge < -0.3 is 4.74 Å². The summed E-state index contributed by atoms with van der Waals surface area (Å²) in [5.41, 5.74) is 2.99. The highest BCUT2D eigenvalue weighted by atomic mass is 16.5. The molecule has 0 amide bonds. The monoisotopic (exact) mass is 246 g/mol. The van der Waals surface area contributed by atoms with Crippen molar-refractivity contribution in [3.8, 4) is 5.75 Å². The average Bonchev–Trinajstić information content (AvgIpc) is 2.27. The molecule has 0 aliphatic heterocycles. The molecule has 0 radical (unpaired) electrons. The molecule has 1 aromatic carbocycles. The topological polar surface area (TPSA) is 26.3 Å². The minimum absolute atomic E-state index is 0.118. The van der Waals surface area contributed by atoms with E-state index in [1.54, 1.807) is 0 Å². The summed E-state index contributed by atoms with van der Waals surface area (Å²) >= 11 is 0. The van der Waals surface area contributed by atoms with E-state index >= 15 is 0 Å². The van der Waals surface area contributed by atoms with Gasteiger partial charge in [0, 0.05) is 0 Å². The Hall–Kier alpha value is -1.31. The normalized spacial score (nSPS) is 24.2. The van der Waals surface area contributed by atoms with Crippen LogP contribution in [-0.4, -0.2) is 6.47 Å². The highest BCUT2D eigenvalue weighted by Gasteiger charge is 2.41. The molecule has 0 bridgehead atoms. The molecule has 98 valence electrons. The van der Waals surface area contributed by atoms with E-state index in [-0.39, 0.29) is 10.8 Å². The number of fused-ring (bicyclic) bond motifs is 1. The lowest BCUT2D eigenvalue weighted by Gasteiger charge is -2.46. The molecule has 1 aromatic rings. The summed E-state index contributed by atoms with van der Waals surface area (Å²) in [6, 6.07) is 6.03. The van der Waals surface area contributed by atoms with Gasteiger partial charge in [0.25, 0.3) is 6.47 Å². The van der Waals surface area contributed by atoms with Crippen LogP contribution in [0.25, 0.3) is 0 Å². The molecule has 1 unspecified atom stereocenters. The molecule has 0 saturated carbocycles. The van der Waals surface area contributed by atoms with E-state index in [1.807, 2.05) is 12.1 Å². The zero-order valence-electron chi connectivity index (χ0n) is 11.9. The van der Waals surface area contributed by atoms with Gasteiger partial charge in [-0.1, -0.05) is 40.7 Å². The van der Waals surface area contributed by atoms with Crippen LogP contribution in [0.4, 0.5) is 0 Å². The van der Waals surface area contributed by atoms with E-state index in [2.05, 4.69) is 40.7 Å². The Morgan fingerprint density at radius 2 is 1.89 bits per heavy atom. The SMILES string of the molecule is CC1CC(C)(C)c2ccc(OC=O)cc2C1(C)C. The van der Waals surface area contributed by atoms with Gasteiger partial charge in [-0.05, 0) is 46.4 Å². The highest BCUT2D eigenvalue weighted by Crippen LogP contribution is 2.49. The van der Waals surface area contributed by atoms with Gasteiger partial charge in [-0.3, -0.25) is 4.79 Å². The standard InChI is InChI=1S/C16H22O2/c1-11-9-15(2,3)13-7-6-12(18-10-17)8-14(13)16(11,4)5/h6-8,10-11H,9H2,1-5H3. The van der Waals surface area contributed by atoms with Crippen LogP contribution in [0, 0.1) is 5.92 Å². The molecule has 1 aliphatic carbocycles. The first-order valence-corrected chi connectivity index (χ1v) is 6.54. The van der Waals surface area contributed by atoms with Crippen LogP contribution in [0.1, 0.15) is 52.2 Å². The first-order chi connectivity index (χ1) is 8.29. The van der Waals surface area contributed by atoms with Crippen LogP contribution in [0.2, 0.25) is 0 Å². The molecular weight excluding hydrogens is 224 g/mol. The van der Waals surface area contributed by atoms with Crippen LogP contribution >= 0.6 is 0 Å². The molecule has 0 fully saturated rings. The number of carbonyl (C=O) groups excluding carboxylic acids is 1. The molecule has 0 spiro atoms. The lowest BCUT2D eigenvalue weighted by atomic mass is 9.58. The Labute approximate surface area is 109 Å². The number of carbonyl (C=O) groups is 1. The van der Waals surface area contributed by atoms with Gasteiger partial charge >= 0.3 is 0 Å². The van der Waals surface area contributed by atoms with Gasteiger partial charge in [0.1, 0.15) is 5.75 Å². The number of hydrogen-bond acceptors (Lipinski definition) is 2. The maximum Gasteiger partial charge on any atom is 0.298 e. The van der Waals surface area contributed by atoms with Crippen LogP contribution in [0.3, 0.4) is 0 Å². The van der Waals surface area contributed by atoms with Crippen LogP contribution in [-0.2, 0) is 15.6 Å². The van der Waals surface area contributed by atoms with Crippen LogP contribution < -0.4 is 4.74 Å². The Balaban J connectivity index is 2.60. The van der Waals surface area contributed by atoms with Crippen molar-refractivity contribution >= 4 is 6.47 Å². The third-order valence-corrected chi connectivity index (χ3v) is 4.65. The first kappa shape index (κ1) is 13.1. The molecule has 1 atom stereocenters. The van der Waals surface area contributed by atoms with E-state index < -0.39 is 0 Å². The zero-order chi connectivity index (χ0) is 13.6. The van der Waals surface area contributed by atoms with Gasteiger partial charge in [-0.2, -0.15) is 0 Å². The molecule has 0 saturated heterocycles. The second-order valence-electron chi connectivity index (χ2n) is 6.63. The molecule has 0 aromatic heterocycles. The Morgan fingerprint density at radius 3 is 2.50 bits per heavy atom. The van der Waals surface area contributed by atoms with Crippen molar-refractivity contribution in [2.75, 3.05) is 0 Å². The predicted octanol–water partition coefficient (Wildman–Crippen LogP) is 3.82. The molecule has 1 aliphatic rings. The van der Waals surface area contributed by atoms with Gasteiger partial charge in [0.05, 0.1) is 0 Å². The van der Waals surface area contributed by atoms with Crippen molar-refractivity contribution in [1.82, 2.24) is 0 Å². The van der Waals surface area contributed by atoms with Gasteiger partial charge in [0.15, 0.2) is 0 Å². The van der Waals surface area contributed by atoms with Crippen molar-refractivity contribution in [2.45, 2.75) is 51.9 Å². The average molecular weight is 246 g/mol. The van der Waals surface area contributed by atoms with E-state index in [9.17, 15) is 4.79 Å². The van der Waals surface area contributed by atoms with E-state index in [0.29, 0.717) is 18.1 Å². The van der Waals surface area contributed by atoms with Crippen molar-refractivity contribution in [1.29, 1.82) is 0 Å². The lowest BCUT2D eigenvalue weighted by Crippen LogP contribution is -2.40.